The fraction of sp³-hybridized carbons (Fsp3) is 0.643. The number of pyridine rings is 1. The highest BCUT2D eigenvalue weighted by Gasteiger charge is 2.36. The van der Waals surface area contributed by atoms with Gasteiger partial charge in [-0.3, -0.25) is 10.1 Å². The lowest BCUT2D eigenvalue weighted by Gasteiger charge is -2.39. The third kappa shape index (κ3) is 3.41. The van der Waals surface area contributed by atoms with E-state index in [-0.39, 0.29) is 18.1 Å². The van der Waals surface area contributed by atoms with Crippen LogP contribution in [0.3, 0.4) is 0 Å². The fourth-order valence-corrected chi connectivity index (χ4v) is 2.99. The first-order chi connectivity index (χ1) is 9.99. The molecule has 7 nitrogen and oxygen atoms in total. The highest BCUT2D eigenvalue weighted by molar-refractivity contribution is 5.58. The maximum absolute atomic E-state index is 11.1. The molecular formula is C14H21N3O4. The number of anilines is 1. The Morgan fingerprint density at radius 1 is 1.62 bits per heavy atom. The molecule has 0 saturated heterocycles. The number of hydrogen-bond acceptors (Lipinski definition) is 6. The number of methoxy groups -OCH3 is 1. The van der Waals surface area contributed by atoms with Crippen molar-refractivity contribution in [2.45, 2.75) is 38.1 Å². The highest BCUT2D eigenvalue weighted by atomic mass is 16.6. The van der Waals surface area contributed by atoms with Crippen molar-refractivity contribution in [3.63, 3.8) is 0 Å². The SMILES string of the molecule is COc1ccc([N+](=O)[O-])c(NC2(CO)CCCC(C)C2)n1. The van der Waals surface area contributed by atoms with E-state index < -0.39 is 10.5 Å². The smallest absolute Gasteiger partial charge is 0.311 e. The van der Waals surface area contributed by atoms with Crippen LogP contribution in [-0.4, -0.2) is 34.3 Å². The zero-order valence-electron chi connectivity index (χ0n) is 12.3. The van der Waals surface area contributed by atoms with E-state index in [1.165, 1.54) is 19.2 Å². The lowest BCUT2D eigenvalue weighted by atomic mass is 9.77. The summed E-state index contributed by atoms with van der Waals surface area (Å²) >= 11 is 0. The lowest BCUT2D eigenvalue weighted by molar-refractivity contribution is -0.384. The van der Waals surface area contributed by atoms with E-state index in [1.54, 1.807) is 0 Å². The van der Waals surface area contributed by atoms with E-state index in [0.29, 0.717) is 11.8 Å². The average molecular weight is 295 g/mol. The third-order valence-electron chi connectivity index (χ3n) is 4.03. The molecule has 2 N–H and O–H groups in total. The van der Waals surface area contributed by atoms with Crippen molar-refractivity contribution < 1.29 is 14.8 Å². The number of rotatable bonds is 5. The average Bonchev–Trinajstić information content (AvgIpc) is 2.46. The first-order valence-electron chi connectivity index (χ1n) is 7.08. The van der Waals surface area contributed by atoms with E-state index in [2.05, 4.69) is 17.2 Å². The molecule has 2 unspecified atom stereocenters. The topological polar surface area (TPSA) is 97.5 Å². The van der Waals surface area contributed by atoms with Crippen LogP contribution in [0.2, 0.25) is 0 Å². The predicted octanol–water partition coefficient (Wildman–Crippen LogP) is 2.35. The summed E-state index contributed by atoms with van der Waals surface area (Å²) in [5.74, 6) is 0.922. The van der Waals surface area contributed by atoms with Crippen LogP contribution in [0.15, 0.2) is 12.1 Å². The molecule has 1 heterocycles. The van der Waals surface area contributed by atoms with Gasteiger partial charge in [-0.15, -0.1) is 0 Å². The molecule has 0 aromatic carbocycles. The second-order valence-corrected chi connectivity index (χ2v) is 5.74. The number of hydrogen-bond donors (Lipinski definition) is 2. The van der Waals surface area contributed by atoms with Gasteiger partial charge in [-0.05, 0) is 18.8 Å². The maximum Gasteiger partial charge on any atom is 0.311 e. The molecule has 0 aliphatic heterocycles. The molecule has 1 fully saturated rings. The Kier molecular flexibility index (Phi) is 4.62. The van der Waals surface area contributed by atoms with Crippen molar-refractivity contribution in [3.05, 3.63) is 22.2 Å². The van der Waals surface area contributed by atoms with Gasteiger partial charge in [0.25, 0.3) is 0 Å². The van der Waals surface area contributed by atoms with Gasteiger partial charge in [-0.1, -0.05) is 19.8 Å². The fourth-order valence-electron chi connectivity index (χ4n) is 2.99. The summed E-state index contributed by atoms with van der Waals surface area (Å²) in [6, 6.07) is 2.82. The van der Waals surface area contributed by atoms with Crippen molar-refractivity contribution in [2.75, 3.05) is 19.0 Å². The first kappa shape index (κ1) is 15.5. The van der Waals surface area contributed by atoms with Crippen molar-refractivity contribution in [2.24, 2.45) is 5.92 Å². The summed E-state index contributed by atoms with van der Waals surface area (Å²) in [7, 11) is 1.46. The second-order valence-electron chi connectivity index (χ2n) is 5.74. The molecular weight excluding hydrogens is 274 g/mol. The molecule has 1 aromatic heterocycles. The molecule has 21 heavy (non-hydrogen) atoms. The van der Waals surface area contributed by atoms with Crippen molar-refractivity contribution in [3.8, 4) is 5.88 Å². The van der Waals surface area contributed by atoms with Crippen LogP contribution in [0.25, 0.3) is 0 Å². The molecule has 0 bridgehead atoms. The van der Waals surface area contributed by atoms with Crippen molar-refractivity contribution >= 4 is 11.5 Å². The summed E-state index contributed by atoms with van der Waals surface area (Å²) in [6.45, 7) is 2.05. The number of nitrogens with one attached hydrogen (secondary N) is 1. The molecule has 1 aliphatic carbocycles. The molecule has 2 rings (SSSR count). The van der Waals surface area contributed by atoms with Gasteiger partial charge in [0, 0.05) is 12.1 Å². The Labute approximate surface area is 123 Å². The van der Waals surface area contributed by atoms with Crippen LogP contribution in [0.1, 0.15) is 32.6 Å². The minimum absolute atomic E-state index is 0.0760. The molecule has 2 atom stereocenters. The normalized spacial score (nSPS) is 25.4. The molecule has 7 heteroatoms. The van der Waals surface area contributed by atoms with Gasteiger partial charge in [0.15, 0.2) is 0 Å². The van der Waals surface area contributed by atoms with Gasteiger partial charge in [0.2, 0.25) is 11.7 Å². The summed E-state index contributed by atoms with van der Waals surface area (Å²) < 4.78 is 5.03. The number of ether oxygens (including phenoxy) is 1. The summed E-state index contributed by atoms with van der Waals surface area (Å²) in [5, 5.41) is 24.0. The zero-order valence-corrected chi connectivity index (χ0v) is 12.3. The Morgan fingerprint density at radius 2 is 2.38 bits per heavy atom. The van der Waals surface area contributed by atoms with E-state index >= 15 is 0 Å². The maximum atomic E-state index is 11.1. The Morgan fingerprint density at radius 3 is 2.95 bits per heavy atom. The van der Waals surface area contributed by atoms with Crippen LogP contribution >= 0.6 is 0 Å². The quantitative estimate of drug-likeness (QED) is 0.639. The minimum atomic E-state index is -0.554. The zero-order chi connectivity index (χ0) is 15.5. The van der Waals surface area contributed by atoms with Crippen LogP contribution in [0.5, 0.6) is 5.88 Å². The van der Waals surface area contributed by atoms with Crippen molar-refractivity contribution in [1.82, 2.24) is 4.98 Å². The third-order valence-corrected chi connectivity index (χ3v) is 4.03. The lowest BCUT2D eigenvalue weighted by Crippen LogP contribution is -2.46. The monoisotopic (exact) mass is 295 g/mol. The van der Waals surface area contributed by atoms with Gasteiger partial charge < -0.3 is 15.2 Å². The summed E-state index contributed by atoms with van der Waals surface area (Å²) in [4.78, 5) is 14.8. The van der Waals surface area contributed by atoms with Gasteiger partial charge in [-0.25, -0.2) is 0 Å². The molecule has 0 radical (unpaired) electrons. The molecule has 1 aliphatic rings. The van der Waals surface area contributed by atoms with Gasteiger partial charge in [-0.2, -0.15) is 4.98 Å². The van der Waals surface area contributed by atoms with Crippen molar-refractivity contribution in [1.29, 1.82) is 0 Å². The number of aromatic nitrogens is 1. The highest BCUT2D eigenvalue weighted by Crippen LogP contribution is 2.37. The summed E-state index contributed by atoms with van der Waals surface area (Å²) in [5.41, 5.74) is -0.663. The summed E-state index contributed by atoms with van der Waals surface area (Å²) in [6.07, 6.45) is 3.62. The molecule has 116 valence electrons. The second kappa shape index (κ2) is 6.26. The Hall–Kier alpha value is -1.89. The van der Waals surface area contributed by atoms with Crippen LogP contribution < -0.4 is 10.1 Å². The van der Waals surface area contributed by atoms with Gasteiger partial charge >= 0.3 is 5.69 Å². The number of aliphatic hydroxyl groups is 1. The Bertz CT molecular complexity index is 523. The molecule has 0 spiro atoms. The van der Waals surface area contributed by atoms with Gasteiger partial charge in [0.1, 0.15) is 0 Å². The van der Waals surface area contributed by atoms with Gasteiger partial charge in [0.05, 0.1) is 24.2 Å². The first-order valence-corrected chi connectivity index (χ1v) is 7.08. The molecule has 1 aromatic rings. The standard InChI is InChI=1S/C14H21N3O4/c1-10-4-3-7-14(8-10,9-18)16-13-11(17(19)20)5-6-12(15-13)21-2/h5-6,10,18H,3-4,7-9H2,1-2H3,(H,15,16). The largest absolute Gasteiger partial charge is 0.481 e. The molecule has 1 saturated carbocycles. The van der Waals surface area contributed by atoms with E-state index in [9.17, 15) is 15.2 Å². The number of aliphatic hydroxyl groups excluding tert-OH is 1. The predicted molar refractivity (Wildman–Crippen MR) is 78.5 cm³/mol. The van der Waals surface area contributed by atoms with E-state index in [0.717, 1.165) is 25.7 Å². The van der Waals surface area contributed by atoms with Crippen LogP contribution in [0.4, 0.5) is 11.5 Å². The van der Waals surface area contributed by atoms with Crippen LogP contribution in [0, 0.1) is 16.0 Å². The number of nitrogens with zero attached hydrogens (tertiary/aromatic N) is 2. The van der Waals surface area contributed by atoms with E-state index in [1.807, 2.05) is 0 Å². The minimum Gasteiger partial charge on any atom is -0.481 e. The number of nitro groups is 1. The van der Waals surface area contributed by atoms with E-state index in [4.69, 9.17) is 4.74 Å². The Balaban J connectivity index is 2.33. The molecule has 0 amide bonds. The van der Waals surface area contributed by atoms with Crippen LogP contribution in [-0.2, 0) is 0 Å².